The zero-order valence-corrected chi connectivity index (χ0v) is 11.9. The summed E-state index contributed by atoms with van der Waals surface area (Å²) in [6.07, 6.45) is -2.68. The Labute approximate surface area is 131 Å². The van der Waals surface area contributed by atoms with E-state index in [9.17, 15) is 24.7 Å². The van der Waals surface area contributed by atoms with Crippen LogP contribution in [0.25, 0.3) is 0 Å². The van der Waals surface area contributed by atoms with Crippen molar-refractivity contribution in [2.45, 2.75) is 32.0 Å². The van der Waals surface area contributed by atoms with E-state index in [1.54, 1.807) is 0 Å². The zero-order valence-electron chi connectivity index (χ0n) is 11.1. The van der Waals surface area contributed by atoms with Gasteiger partial charge in [-0.05, 0) is 6.07 Å². The summed E-state index contributed by atoms with van der Waals surface area (Å²) in [4.78, 5) is 28.1. The van der Waals surface area contributed by atoms with Crippen molar-refractivity contribution >= 4 is 13.8 Å². The summed E-state index contributed by atoms with van der Waals surface area (Å²) in [7, 11) is -4.74. The number of rotatable bonds is 5. The van der Waals surface area contributed by atoms with Crippen molar-refractivity contribution in [3.63, 3.8) is 0 Å². The molecule has 0 saturated carbocycles. The van der Waals surface area contributed by atoms with Crippen molar-refractivity contribution in [3.8, 4) is 0 Å². The standard InChI is InChI=1S/C11H14NO9P.CH4/c13-8-7(5-20-22(17,18)19)21-10(9(8)14)12-3-1-2-6(4-12)11(15)16;/h1-4,7-10,13-14H,5H2,(H2-,15,16,17,18,19);1H4. The van der Waals surface area contributed by atoms with E-state index in [4.69, 9.17) is 14.5 Å². The number of carboxylic acids is 1. The number of aliphatic hydroxyl groups is 2. The molecule has 0 bridgehead atoms. The summed E-state index contributed by atoms with van der Waals surface area (Å²) >= 11 is 0. The lowest BCUT2D eigenvalue weighted by Gasteiger charge is -2.13. The molecule has 1 aromatic heterocycles. The third kappa shape index (κ3) is 4.79. The molecule has 4 unspecified atom stereocenters. The van der Waals surface area contributed by atoms with E-state index in [1.807, 2.05) is 0 Å². The first kappa shape index (κ1) is 19.7. The maximum atomic E-state index is 10.8. The molecule has 1 aromatic rings. The maximum absolute atomic E-state index is 10.8. The number of hydrogen-bond donors (Lipinski definition) is 4. The Balaban J connectivity index is 0.00000264. The highest BCUT2D eigenvalue weighted by Crippen LogP contribution is 2.37. The molecule has 4 N–H and O–H groups in total. The molecular formula is C12H18NO9P. The zero-order chi connectivity index (χ0) is 16.5. The number of carbonyl (C=O) groups is 1. The number of phosphoric acid groups is 1. The molecule has 0 amide bonds. The quantitative estimate of drug-likeness (QED) is 0.338. The van der Waals surface area contributed by atoms with Gasteiger partial charge in [-0.3, -0.25) is 4.52 Å². The molecule has 1 saturated heterocycles. The van der Waals surface area contributed by atoms with Gasteiger partial charge in [0.2, 0.25) is 0 Å². The molecule has 1 aliphatic rings. The second-order valence-electron chi connectivity index (χ2n) is 4.66. The number of aromatic carboxylic acids is 1. The second-order valence-corrected chi connectivity index (χ2v) is 5.90. The fourth-order valence-electron chi connectivity index (χ4n) is 2.06. The van der Waals surface area contributed by atoms with Crippen molar-refractivity contribution < 1.29 is 48.3 Å². The normalized spacial score (nSPS) is 27.5. The van der Waals surface area contributed by atoms with Crippen LogP contribution in [0.5, 0.6) is 0 Å². The van der Waals surface area contributed by atoms with Crippen LogP contribution in [0.1, 0.15) is 24.0 Å². The van der Waals surface area contributed by atoms with Gasteiger partial charge < -0.3 is 34.6 Å². The number of nitrogens with zero attached hydrogens (tertiary/aromatic N) is 1. The van der Waals surface area contributed by atoms with Crippen molar-refractivity contribution in [1.29, 1.82) is 0 Å². The number of aliphatic hydroxyl groups excluding tert-OH is 2. The molecule has 130 valence electrons. The Morgan fingerprint density at radius 1 is 1.39 bits per heavy atom. The van der Waals surface area contributed by atoms with Gasteiger partial charge in [0, 0.05) is 6.07 Å². The van der Waals surface area contributed by atoms with E-state index in [0.717, 1.165) is 6.20 Å². The fourth-order valence-corrected chi connectivity index (χ4v) is 2.40. The smallest absolute Gasteiger partial charge is 0.469 e. The number of hydrogen-bond acceptors (Lipinski definition) is 7. The highest BCUT2D eigenvalue weighted by atomic mass is 31.2. The van der Waals surface area contributed by atoms with E-state index in [2.05, 4.69) is 4.52 Å². The molecule has 2 rings (SSSR count). The van der Waals surface area contributed by atoms with Gasteiger partial charge >= 0.3 is 7.82 Å². The van der Waals surface area contributed by atoms with E-state index < -0.39 is 44.9 Å². The summed E-state index contributed by atoms with van der Waals surface area (Å²) in [5.74, 6) is -1.43. The van der Waals surface area contributed by atoms with Crippen molar-refractivity contribution in [1.82, 2.24) is 0 Å². The molecule has 1 aliphatic heterocycles. The molecule has 0 aliphatic carbocycles. The molecule has 0 aromatic carbocycles. The van der Waals surface area contributed by atoms with Crippen LogP contribution >= 0.6 is 7.82 Å². The van der Waals surface area contributed by atoms with Crippen molar-refractivity contribution in [2.24, 2.45) is 0 Å². The summed E-state index contributed by atoms with van der Waals surface area (Å²) in [5.41, 5.74) is -0.164. The first-order valence-corrected chi connectivity index (χ1v) is 7.66. The predicted octanol–water partition coefficient (Wildman–Crippen LogP) is -2.30. The van der Waals surface area contributed by atoms with Crippen molar-refractivity contribution in [2.75, 3.05) is 6.61 Å². The summed E-state index contributed by atoms with van der Waals surface area (Å²) in [6, 6.07) is 2.66. The molecule has 23 heavy (non-hydrogen) atoms. The Morgan fingerprint density at radius 3 is 2.61 bits per heavy atom. The van der Waals surface area contributed by atoms with Crippen LogP contribution in [0, 0.1) is 0 Å². The van der Waals surface area contributed by atoms with Crippen LogP contribution in [0.2, 0.25) is 0 Å². The number of phosphoric ester groups is 1. The maximum Gasteiger partial charge on any atom is 0.469 e. The molecule has 4 atom stereocenters. The molecule has 0 radical (unpaired) electrons. The average molecular weight is 351 g/mol. The van der Waals surface area contributed by atoms with Crippen LogP contribution < -0.4 is 9.67 Å². The lowest BCUT2D eigenvalue weighted by atomic mass is 10.1. The Hall–Kier alpha value is -1.39. The van der Waals surface area contributed by atoms with Gasteiger partial charge in [0.15, 0.2) is 18.5 Å². The topological polar surface area (TPSA) is 160 Å². The Bertz CT molecular complexity index is 604. The second kappa shape index (κ2) is 7.45. The van der Waals surface area contributed by atoms with Gasteiger partial charge in [-0.25, -0.2) is 4.57 Å². The van der Waals surface area contributed by atoms with Gasteiger partial charge in [-0.15, -0.1) is 0 Å². The first-order valence-electron chi connectivity index (χ1n) is 6.13. The highest BCUT2D eigenvalue weighted by Gasteiger charge is 2.48. The predicted molar refractivity (Wildman–Crippen MR) is 71.6 cm³/mol. The fraction of sp³-hybridized carbons (Fsp3) is 0.500. The highest BCUT2D eigenvalue weighted by molar-refractivity contribution is 7.46. The monoisotopic (exact) mass is 351 g/mol. The summed E-state index contributed by atoms with van der Waals surface area (Å²) < 4.78 is 21.4. The van der Waals surface area contributed by atoms with Crippen LogP contribution in [-0.2, 0) is 13.8 Å². The van der Waals surface area contributed by atoms with E-state index in [-0.39, 0.29) is 13.0 Å². The Morgan fingerprint density at radius 2 is 2.04 bits per heavy atom. The van der Waals surface area contributed by atoms with Crippen molar-refractivity contribution in [3.05, 3.63) is 30.1 Å². The van der Waals surface area contributed by atoms with E-state index in [0.29, 0.717) is 0 Å². The van der Waals surface area contributed by atoms with Gasteiger partial charge in [0.25, 0.3) is 6.23 Å². The molecule has 0 spiro atoms. The Kier molecular flexibility index (Phi) is 6.37. The minimum Gasteiger partial charge on any atom is -0.545 e. The lowest BCUT2D eigenvalue weighted by molar-refractivity contribution is -0.765. The number of pyridine rings is 1. The van der Waals surface area contributed by atoms with Gasteiger partial charge in [0.05, 0.1) is 18.1 Å². The molecular weight excluding hydrogens is 333 g/mol. The lowest BCUT2D eigenvalue weighted by Crippen LogP contribution is -2.46. The number of carbonyl (C=O) groups excluding carboxylic acids is 1. The van der Waals surface area contributed by atoms with E-state index in [1.165, 1.54) is 22.9 Å². The average Bonchev–Trinajstić information content (AvgIpc) is 2.72. The third-order valence-corrected chi connectivity index (χ3v) is 3.58. The summed E-state index contributed by atoms with van der Waals surface area (Å²) in [5, 5.41) is 30.6. The largest absolute Gasteiger partial charge is 0.545 e. The van der Waals surface area contributed by atoms with Crippen LogP contribution in [0.4, 0.5) is 0 Å². The van der Waals surface area contributed by atoms with Crippen LogP contribution in [-0.4, -0.2) is 50.9 Å². The number of ether oxygens (including phenoxy) is 1. The molecule has 10 nitrogen and oxygen atoms in total. The minimum atomic E-state index is -4.74. The minimum absolute atomic E-state index is 0. The SMILES string of the molecule is C.O=C([O-])c1ccc[n+](C2OC(COP(=O)(O)O)C(O)C2O)c1. The summed E-state index contributed by atoms with van der Waals surface area (Å²) in [6.45, 7) is -0.639. The van der Waals surface area contributed by atoms with Crippen LogP contribution in [0.3, 0.4) is 0 Å². The first-order chi connectivity index (χ1) is 10.2. The van der Waals surface area contributed by atoms with Gasteiger partial charge in [-0.2, -0.15) is 4.57 Å². The van der Waals surface area contributed by atoms with Crippen LogP contribution in [0.15, 0.2) is 24.5 Å². The van der Waals surface area contributed by atoms with Gasteiger partial charge in [0.1, 0.15) is 12.2 Å². The number of aromatic nitrogens is 1. The van der Waals surface area contributed by atoms with Gasteiger partial charge in [-0.1, -0.05) is 7.43 Å². The molecule has 2 heterocycles. The molecule has 1 fully saturated rings. The van der Waals surface area contributed by atoms with E-state index >= 15 is 0 Å². The number of carboxylic acid groups (broad SMARTS) is 1. The third-order valence-electron chi connectivity index (χ3n) is 3.10. The molecule has 11 heteroatoms.